The summed E-state index contributed by atoms with van der Waals surface area (Å²) in [6.07, 6.45) is 0. The summed E-state index contributed by atoms with van der Waals surface area (Å²) in [6.45, 7) is 11.5. The first kappa shape index (κ1) is 15.5. The SMILES string of the molecule is CC1(C)c2cc(B(O)O)ccc2-c2ccc([Si](C)(C)C)cc21. The molecule has 4 heteroatoms. The van der Waals surface area contributed by atoms with Gasteiger partial charge in [-0.25, -0.2) is 0 Å². The first-order valence-electron chi connectivity index (χ1n) is 7.78. The molecule has 0 heterocycles. The summed E-state index contributed by atoms with van der Waals surface area (Å²) in [5.74, 6) is 0. The van der Waals surface area contributed by atoms with E-state index >= 15 is 0 Å². The van der Waals surface area contributed by atoms with E-state index in [0.717, 1.165) is 0 Å². The summed E-state index contributed by atoms with van der Waals surface area (Å²) < 4.78 is 0. The van der Waals surface area contributed by atoms with Crippen LogP contribution in [0.2, 0.25) is 19.6 Å². The van der Waals surface area contributed by atoms with Gasteiger partial charge in [-0.05, 0) is 27.7 Å². The van der Waals surface area contributed by atoms with E-state index < -0.39 is 15.2 Å². The molecule has 0 aliphatic heterocycles. The number of fused-ring (bicyclic) bond motifs is 3. The summed E-state index contributed by atoms with van der Waals surface area (Å²) in [7, 11) is -2.77. The molecule has 2 N–H and O–H groups in total. The second-order valence-electron chi connectivity index (χ2n) is 7.81. The summed E-state index contributed by atoms with van der Waals surface area (Å²) in [4.78, 5) is 0. The maximum atomic E-state index is 9.45. The Bertz CT molecular complexity index is 745. The average molecular weight is 310 g/mol. The molecule has 2 aromatic rings. The molecule has 22 heavy (non-hydrogen) atoms. The fraction of sp³-hybridized carbons (Fsp3) is 0.333. The largest absolute Gasteiger partial charge is 0.488 e. The van der Waals surface area contributed by atoms with Gasteiger partial charge in [0, 0.05) is 5.41 Å². The molecule has 0 fully saturated rings. The van der Waals surface area contributed by atoms with Crippen molar-refractivity contribution < 1.29 is 10.0 Å². The normalized spacial score (nSPS) is 15.4. The summed E-state index contributed by atoms with van der Waals surface area (Å²) in [5.41, 5.74) is 5.48. The van der Waals surface area contributed by atoms with Crippen molar-refractivity contribution in [3.05, 3.63) is 47.5 Å². The van der Waals surface area contributed by atoms with E-state index in [1.54, 1.807) is 6.07 Å². The van der Waals surface area contributed by atoms with Gasteiger partial charge in [0.25, 0.3) is 0 Å². The molecule has 0 radical (unpaired) electrons. The molecule has 1 aliphatic rings. The molecular formula is C18H23BO2Si. The molecular weight excluding hydrogens is 287 g/mol. The number of rotatable bonds is 2. The quantitative estimate of drug-likeness (QED) is 0.835. The third-order valence-corrected chi connectivity index (χ3v) is 6.91. The van der Waals surface area contributed by atoms with Crippen LogP contribution in [0.1, 0.15) is 25.0 Å². The molecule has 0 saturated carbocycles. The molecule has 0 spiro atoms. The molecule has 2 nitrogen and oxygen atoms in total. The second kappa shape index (κ2) is 4.82. The predicted molar refractivity (Wildman–Crippen MR) is 96.8 cm³/mol. The predicted octanol–water partition coefficient (Wildman–Crippen LogP) is 2.22. The molecule has 0 amide bonds. The van der Waals surface area contributed by atoms with Crippen molar-refractivity contribution >= 4 is 25.8 Å². The van der Waals surface area contributed by atoms with Gasteiger partial charge in [-0.2, -0.15) is 0 Å². The molecule has 114 valence electrons. The maximum Gasteiger partial charge on any atom is 0.488 e. The highest BCUT2D eigenvalue weighted by atomic mass is 28.3. The zero-order valence-corrected chi connectivity index (χ0v) is 14.9. The Morgan fingerprint density at radius 2 is 1.41 bits per heavy atom. The third-order valence-electron chi connectivity index (χ3n) is 4.86. The average Bonchev–Trinajstić information content (AvgIpc) is 2.66. The highest BCUT2D eigenvalue weighted by Crippen LogP contribution is 2.47. The fourth-order valence-corrected chi connectivity index (χ4v) is 4.54. The van der Waals surface area contributed by atoms with Crippen molar-refractivity contribution in [1.29, 1.82) is 0 Å². The van der Waals surface area contributed by atoms with Crippen molar-refractivity contribution in [2.75, 3.05) is 0 Å². The Morgan fingerprint density at radius 3 is 1.95 bits per heavy atom. The minimum absolute atomic E-state index is 0.106. The van der Waals surface area contributed by atoms with Crippen LogP contribution >= 0.6 is 0 Å². The van der Waals surface area contributed by atoms with E-state index in [2.05, 4.69) is 51.7 Å². The van der Waals surface area contributed by atoms with Gasteiger partial charge >= 0.3 is 7.12 Å². The third kappa shape index (κ3) is 2.26. The van der Waals surface area contributed by atoms with Crippen LogP contribution in [-0.2, 0) is 5.41 Å². The standard InChI is InChI=1S/C18H23BO2Si/c1-18(2)16-10-12(19(20)21)6-8-14(16)15-9-7-13(11-17(15)18)22(3,4)5/h6-11,20-21H,1-5H3. The summed E-state index contributed by atoms with van der Waals surface area (Å²) in [5, 5.41) is 20.4. The first-order valence-corrected chi connectivity index (χ1v) is 11.3. The number of hydrogen-bond acceptors (Lipinski definition) is 2. The van der Waals surface area contributed by atoms with Crippen molar-refractivity contribution in [3.8, 4) is 11.1 Å². The van der Waals surface area contributed by atoms with Crippen LogP contribution < -0.4 is 10.6 Å². The Kier molecular flexibility index (Phi) is 3.40. The van der Waals surface area contributed by atoms with E-state index in [1.807, 2.05) is 12.1 Å². The van der Waals surface area contributed by atoms with E-state index in [4.69, 9.17) is 0 Å². The van der Waals surface area contributed by atoms with Crippen LogP contribution in [-0.4, -0.2) is 25.2 Å². The number of benzene rings is 2. The lowest BCUT2D eigenvalue weighted by Gasteiger charge is -2.24. The fourth-order valence-electron chi connectivity index (χ4n) is 3.38. The van der Waals surface area contributed by atoms with Crippen LogP contribution in [0.15, 0.2) is 36.4 Å². The number of hydrogen-bond donors (Lipinski definition) is 2. The molecule has 2 aromatic carbocycles. The lowest BCUT2D eigenvalue weighted by molar-refractivity contribution is 0.425. The lowest BCUT2D eigenvalue weighted by atomic mass is 9.75. The Labute approximate surface area is 134 Å². The molecule has 0 saturated heterocycles. The minimum atomic E-state index is -1.41. The van der Waals surface area contributed by atoms with Crippen molar-refractivity contribution in [3.63, 3.8) is 0 Å². The van der Waals surface area contributed by atoms with Crippen LogP contribution in [0.25, 0.3) is 11.1 Å². The lowest BCUT2D eigenvalue weighted by Crippen LogP contribution is -2.38. The Morgan fingerprint density at radius 1 is 0.864 bits per heavy atom. The van der Waals surface area contributed by atoms with Gasteiger partial charge in [0.05, 0.1) is 8.07 Å². The first-order chi connectivity index (χ1) is 10.1. The van der Waals surface area contributed by atoms with Crippen molar-refractivity contribution in [1.82, 2.24) is 0 Å². The molecule has 3 rings (SSSR count). The molecule has 0 atom stereocenters. The van der Waals surface area contributed by atoms with Gasteiger partial charge < -0.3 is 10.0 Å². The van der Waals surface area contributed by atoms with E-state index in [9.17, 15) is 10.0 Å². The van der Waals surface area contributed by atoms with Crippen LogP contribution in [0, 0.1) is 0 Å². The highest BCUT2D eigenvalue weighted by Gasteiger charge is 2.37. The molecule has 0 unspecified atom stereocenters. The van der Waals surface area contributed by atoms with Crippen LogP contribution in [0.4, 0.5) is 0 Å². The smallest absolute Gasteiger partial charge is 0.423 e. The van der Waals surface area contributed by atoms with Gasteiger partial charge in [0.2, 0.25) is 0 Å². The highest BCUT2D eigenvalue weighted by molar-refractivity contribution is 6.88. The van der Waals surface area contributed by atoms with E-state index in [0.29, 0.717) is 5.46 Å². The van der Waals surface area contributed by atoms with Gasteiger partial charge in [-0.1, -0.05) is 75.1 Å². The molecule has 0 bridgehead atoms. The van der Waals surface area contributed by atoms with Crippen LogP contribution in [0.3, 0.4) is 0 Å². The topological polar surface area (TPSA) is 40.5 Å². The van der Waals surface area contributed by atoms with Gasteiger partial charge in [-0.3, -0.25) is 0 Å². The van der Waals surface area contributed by atoms with Gasteiger partial charge in [-0.15, -0.1) is 0 Å². The zero-order chi connectivity index (χ0) is 16.3. The van der Waals surface area contributed by atoms with Crippen molar-refractivity contribution in [2.45, 2.75) is 38.9 Å². The monoisotopic (exact) mass is 310 g/mol. The Balaban J connectivity index is 2.22. The van der Waals surface area contributed by atoms with Gasteiger partial charge in [0.15, 0.2) is 0 Å². The van der Waals surface area contributed by atoms with Crippen molar-refractivity contribution in [2.24, 2.45) is 0 Å². The van der Waals surface area contributed by atoms with E-state index in [-0.39, 0.29) is 5.41 Å². The second-order valence-corrected chi connectivity index (χ2v) is 12.9. The summed E-state index contributed by atoms with van der Waals surface area (Å²) >= 11 is 0. The van der Waals surface area contributed by atoms with Crippen LogP contribution in [0.5, 0.6) is 0 Å². The zero-order valence-electron chi connectivity index (χ0n) is 13.9. The molecule has 1 aliphatic carbocycles. The summed E-state index contributed by atoms with van der Waals surface area (Å²) in [6, 6.07) is 12.6. The minimum Gasteiger partial charge on any atom is -0.423 e. The molecule has 0 aromatic heterocycles. The van der Waals surface area contributed by atoms with Gasteiger partial charge in [0.1, 0.15) is 0 Å². The maximum absolute atomic E-state index is 9.45. The van der Waals surface area contributed by atoms with E-state index in [1.165, 1.54) is 27.4 Å². The Hall–Kier alpha value is -1.36.